The Kier molecular flexibility index (Phi) is 2.13. The van der Waals surface area contributed by atoms with Crippen LogP contribution in [-0.2, 0) is 0 Å². The summed E-state index contributed by atoms with van der Waals surface area (Å²) < 4.78 is 0. The summed E-state index contributed by atoms with van der Waals surface area (Å²) in [6, 6.07) is 12.1. The van der Waals surface area contributed by atoms with Gasteiger partial charge in [0, 0.05) is 23.9 Å². The molecule has 0 radical (unpaired) electrons. The third-order valence-corrected chi connectivity index (χ3v) is 3.24. The Morgan fingerprint density at radius 2 is 2.00 bits per heavy atom. The van der Waals surface area contributed by atoms with Crippen molar-refractivity contribution in [3.63, 3.8) is 0 Å². The molecule has 1 aliphatic carbocycles. The zero-order chi connectivity index (χ0) is 11.0. The monoisotopic (exact) mass is 211 g/mol. The highest BCUT2D eigenvalue weighted by molar-refractivity contribution is 6.00. The number of ketones is 1. The number of carbonyl (C=O) groups excluding carboxylic acids is 1. The molecule has 1 aliphatic rings. The van der Waals surface area contributed by atoms with E-state index in [0.29, 0.717) is 5.92 Å². The maximum absolute atomic E-state index is 12.0. The van der Waals surface area contributed by atoms with Crippen molar-refractivity contribution in [2.75, 3.05) is 0 Å². The molecule has 1 heterocycles. The number of hydrogen-bond donors (Lipinski definition) is 1. The smallest absolute Gasteiger partial charge is 0.168 e. The minimum atomic E-state index is 0.193. The summed E-state index contributed by atoms with van der Waals surface area (Å²) in [7, 11) is 0. The molecule has 2 aromatic rings. The van der Waals surface area contributed by atoms with E-state index in [1.54, 1.807) is 12.4 Å². The van der Waals surface area contributed by atoms with Gasteiger partial charge in [0.2, 0.25) is 0 Å². The lowest BCUT2D eigenvalue weighted by Crippen LogP contribution is -2.01. The molecule has 2 nitrogen and oxygen atoms in total. The lowest BCUT2D eigenvalue weighted by Gasteiger charge is -1.98. The summed E-state index contributed by atoms with van der Waals surface area (Å²) in [6.07, 6.45) is 4.57. The fraction of sp³-hybridized carbons (Fsp3) is 0.214. The summed E-state index contributed by atoms with van der Waals surface area (Å²) in [6.45, 7) is 0. The molecule has 0 saturated heterocycles. The largest absolute Gasteiger partial charge is 0.367 e. The van der Waals surface area contributed by atoms with E-state index >= 15 is 0 Å². The standard InChI is InChI=1S/C14H13NO/c16-14(11-6-7-15-9-11)13-8-12(13)10-4-2-1-3-5-10/h1-7,9,12-13,15H,8H2. The number of benzene rings is 1. The lowest BCUT2D eigenvalue weighted by molar-refractivity contribution is 0.0965. The molecule has 1 aromatic heterocycles. The van der Waals surface area contributed by atoms with Gasteiger partial charge in [0.1, 0.15) is 0 Å². The molecule has 3 rings (SSSR count). The second kappa shape index (κ2) is 3.63. The Morgan fingerprint density at radius 3 is 2.69 bits per heavy atom. The first-order valence-corrected chi connectivity index (χ1v) is 5.58. The molecule has 1 N–H and O–H groups in total. The first-order valence-electron chi connectivity index (χ1n) is 5.58. The van der Waals surface area contributed by atoms with Gasteiger partial charge in [-0.05, 0) is 24.0 Å². The minimum absolute atomic E-state index is 0.193. The van der Waals surface area contributed by atoms with Crippen LogP contribution in [0.5, 0.6) is 0 Å². The van der Waals surface area contributed by atoms with Gasteiger partial charge < -0.3 is 4.98 Å². The van der Waals surface area contributed by atoms with Crippen LogP contribution in [0.15, 0.2) is 48.8 Å². The molecule has 16 heavy (non-hydrogen) atoms. The number of carbonyl (C=O) groups is 1. The third-order valence-electron chi connectivity index (χ3n) is 3.24. The van der Waals surface area contributed by atoms with Crippen LogP contribution in [0.4, 0.5) is 0 Å². The zero-order valence-corrected chi connectivity index (χ0v) is 8.89. The van der Waals surface area contributed by atoms with Crippen molar-refractivity contribution in [2.45, 2.75) is 12.3 Å². The maximum Gasteiger partial charge on any atom is 0.168 e. The van der Waals surface area contributed by atoms with E-state index < -0.39 is 0 Å². The quantitative estimate of drug-likeness (QED) is 0.778. The maximum atomic E-state index is 12.0. The lowest BCUT2D eigenvalue weighted by atomic mass is 10.1. The second-order valence-corrected chi connectivity index (χ2v) is 4.32. The van der Waals surface area contributed by atoms with Gasteiger partial charge >= 0.3 is 0 Å². The van der Waals surface area contributed by atoms with Crippen molar-refractivity contribution in [2.24, 2.45) is 5.92 Å². The van der Waals surface area contributed by atoms with Gasteiger partial charge in [0.05, 0.1) is 0 Å². The Morgan fingerprint density at radius 1 is 1.19 bits per heavy atom. The molecule has 1 saturated carbocycles. The highest BCUT2D eigenvalue weighted by Crippen LogP contribution is 2.48. The van der Waals surface area contributed by atoms with Crippen molar-refractivity contribution in [3.05, 3.63) is 59.9 Å². The van der Waals surface area contributed by atoms with Gasteiger partial charge in [0.25, 0.3) is 0 Å². The molecule has 0 aliphatic heterocycles. The molecule has 0 spiro atoms. The van der Waals surface area contributed by atoms with E-state index in [-0.39, 0.29) is 11.7 Å². The molecule has 2 atom stereocenters. The van der Waals surface area contributed by atoms with Crippen LogP contribution in [0.25, 0.3) is 0 Å². The van der Waals surface area contributed by atoms with Gasteiger partial charge in [-0.2, -0.15) is 0 Å². The van der Waals surface area contributed by atoms with Crippen LogP contribution in [0.1, 0.15) is 28.3 Å². The van der Waals surface area contributed by atoms with E-state index in [4.69, 9.17) is 0 Å². The van der Waals surface area contributed by atoms with E-state index in [9.17, 15) is 4.79 Å². The SMILES string of the molecule is O=C(c1cc[nH]c1)C1CC1c1ccccc1. The van der Waals surface area contributed by atoms with Gasteiger partial charge in [0.15, 0.2) is 5.78 Å². The molecular formula is C14H13NO. The zero-order valence-electron chi connectivity index (χ0n) is 8.89. The average Bonchev–Trinajstić information content (AvgIpc) is 2.95. The van der Waals surface area contributed by atoms with Crippen molar-refractivity contribution >= 4 is 5.78 Å². The molecule has 80 valence electrons. The highest BCUT2D eigenvalue weighted by Gasteiger charge is 2.43. The molecule has 2 heteroatoms. The van der Waals surface area contributed by atoms with Crippen LogP contribution in [0.3, 0.4) is 0 Å². The van der Waals surface area contributed by atoms with E-state index in [1.165, 1.54) is 5.56 Å². The van der Waals surface area contributed by atoms with Crippen LogP contribution >= 0.6 is 0 Å². The Bertz CT molecular complexity index is 487. The molecule has 1 aromatic carbocycles. The Balaban J connectivity index is 1.75. The second-order valence-electron chi connectivity index (χ2n) is 4.32. The number of rotatable bonds is 3. The van der Waals surface area contributed by atoms with Crippen molar-refractivity contribution in [1.29, 1.82) is 0 Å². The normalized spacial score (nSPS) is 23.0. The van der Waals surface area contributed by atoms with Gasteiger partial charge in [-0.3, -0.25) is 4.79 Å². The summed E-state index contributed by atoms with van der Waals surface area (Å²) in [4.78, 5) is 15.0. The van der Waals surface area contributed by atoms with Gasteiger partial charge in [-0.15, -0.1) is 0 Å². The fourth-order valence-electron chi connectivity index (χ4n) is 2.24. The number of H-pyrrole nitrogens is 1. The number of aromatic amines is 1. The summed E-state index contributed by atoms with van der Waals surface area (Å²) >= 11 is 0. The highest BCUT2D eigenvalue weighted by atomic mass is 16.1. The van der Waals surface area contributed by atoms with E-state index in [2.05, 4.69) is 17.1 Å². The summed E-state index contributed by atoms with van der Waals surface area (Å²) in [5, 5.41) is 0. The van der Waals surface area contributed by atoms with Crippen molar-refractivity contribution in [1.82, 2.24) is 4.98 Å². The summed E-state index contributed by atoms with van der Waals surface area (Å²) in [5.41, 5.74) is 2.10. The number of nitrogens with one attached hydrogen (secondary N) is 1. The predicted octanol–water partition coefficient (Wildman–Crippen LogP) is 3.00. The average molecular weight is 211 g/mol. The Hall–Kier alpha value is -1.83. The molecular weight excluding hydrogens is 198 g/mol. The fourth-order valence-corrected chi connectivity index (χ4v) is 2.24. The van der Waals surface area contributed by atoms with Crippen LogP contribution in [-0.4, -0.2) is 10.8 Å². The van der Waals surface area contributed by atoms with Crippen LogP contribution in [0.2, 0.25) is 0 Å². The number of hydrogen-bond acceptors (Lipinski definition) is 1. The van der Waals surface area contributed by atoms with Crippen molar-refractivity contribution < 1.29 is 4.79 Å². The molecule has 0 amide bonds. The Labute approximate surface area is 94.3 Å². The van der Waals surface area contributed by atoms with Gasteiger partial charge in [-0.25, -0.2) is 0 Å². The minimum Gasteiger partial charge on any atom is -0.367 e. The summed E-state index contributed by atoms with van der Waals surface area (Å²) in [5.74, 6) is 0.900. The van der Waals surface area contributed by atoms with Gasteiger partial charge in [-0.1, -0.05) is 30.3 Å². The predicted molar refractivity (Wildman–Crippen MR) is 62.4 cm³/mol. The first-order chi connectivity index (χ1) is 7.86. The molecule has 2 unspecified atom stereocenters. The number of aromatic nitrogens is 1. The van der Waals surface area contributed by atoms with Crippen molar-refractivity contribution in [3.8, 4) is 0 Å². The molecule has 0 bridgehead atoms. The van der Waals surface area contributed by atoms with Crippen LogP contribution in [0, 0.1) is 5.92 Å². The van der Waals surface area contributed by atoms with Crippen LogP contribution < -0.4 is 0 Å². The topological polar surface area (TPSA) is 32.9 Å². The first kappa shape index (κ1) is 9.40. The number of Topliss-reactive ketones (excluding diaryl/α,β-unsaturated/α-hetero) is 1. The third kappa shape index (κ3) is 1.56. The van der Waals surface area contributed by atoms with E-state index in [1.807, 2.05) is 24.3 Å². The van der Waals surface area contributed by atoms with E-state index in [0.717, 1.165) is 12.0 Å². The molecule has 1 fully saturated rings.